The van der Waals surface area contributed by atoms with Gasteiger partial charge in [-0.25, -0.2) is 0 Å². The van der Waals surface area contributed by atoms with E-state index in [2.05, 4.69) is 16.5 Å². The lowest BCUT2D eigenvalue weighted by atomic mass is 10.2. The van der Waals surface area contributed by atoms with Crippen LogP contribution in [0, 0.1) is 25.2 Å². The monoisotopic (exact) mass is 234 g/mol. The van der Waals surface area contributed by atoms with Crippen molar-refractivity contribution < 1.29 is 4.79 Å². The Hall–Kier alpha value is -1.83. The predicted molar refractivity (Wildman–Crippen MR) is 64.5 cm³/mol. The molecule has 0 aromatic carbocycles. The number of unbranched alkanes of at least 4 members (excludes halogenated alkanes) is 2. The first-order valence-electron chi connectivity index (χ1n) is 5.73. The molecule has 0 bridgehead atoms. The highest BCUT2D eigenvalue weighted by molar-refractivity contribution is 5.96. The summed E-state index contributed by atoms with van der Waals surface area (Å²) < 4.78 is 1.71. The number of hydrogen-bond donors (Lipinski definition) is 1. The molecule has 1 heterocycles. The van der Waals surface area contributed by atoms with Crippen LogP contribution in [0.25, 0.3) is 0 Å². The van der Waals surface area contributed by atoms with Gasteiger partial charge in [-0.3, -0.25) is 9.48 Å². The Morgan fingerprint density at radius 3 is 2.71 bits per heavy atom. The number of rotatable bonds is 5. The summed E-state index contributed by atoms with van der Waals surface area (Å²) in [6.07, 6.45) is 2.19. The normalized spacial score (nSPS) is 10.0. The molecule has 5 nitrogen and oxygen atoms in total. The highest BCUT2D eigenvalue weighted by Crippen LogP contribution is 2.11. The number of nitrogens with one attached hydrogen (secondary N) is 1. The van der Waals surface area contributed by atoms with Crippen LogP contribution in [0.15, 0.2) is 0 Å². The zero-order valence-corrected chi connectivity index (χ0v) is 10.6. The molecule has 5 heteroatoms. The molecular weight excluding hydrogens is 216 g/mol. The molecule has 0 saturated heterocycles. The zero-order valence-electron chi connectivity index (χ0n) is 10.6. The third-order valence-corrected chi connectivity index (χ3v) is 2.74. The maximum atomic E-state index is 11.9. The van der Waals surface area contributed by atoms with E-state index in [1.807, 2.05) is 20.9 Å². The van der Waals surface area contributed by atoms with Gasteiger partial charge >= 0.3 is 0 Å². The van der Waals surface area contributed by atoms with Gasteiger partial charge in [0.05, 0.1) is 17.3 Å². The van der Waals surface area contributed by atoms with E-state index >= 15 is 0 Å². The molecule has 1 rings (SSSR count). The molecule has 1 N–H and O–H groups in total. The van der Waals surface area contributed by atoms with Crippen molar-refractivity contribution in [3.8, 4) is 6.07 Å². The van der Waals surface area contributed by atoms with Crippen LogP contribution in [-0.2, 0) is 7.05 Å². The van der Waals surface area contributed by atoms with E-state index in [1.54, 1.807) is 4.68 Å². The minimum atomic E-state index is -0.0787. The van der Waals surface area contributed by atoms with Crippen LogP contribution in [-0.4, -0.2) is 22.2 Å². The second-order valence-corrected chi connectivity index (χ2v) is 4.04. The lowest BCUT2D eigenvalue weighted by molar-refractivity contribution is 0.0951. The molecular formula is C12H18N4O. The topological polar surface area (TPSA) is 70.7 Å². The molecule has 0 fully saturated rings. The molecule has 0 saturated carbocycles. The molecule has 0 aliphatic rings. The van der Waals surface area contributed by atoms with Crippen LogP contribution in [0.3, 0.4) is 0 Å². The molecule has 0 unspecified atom stereocenters. The molecule has 0 spiro atoms. The quantitative estimate of drug-likeness (QED) is 0.784. The van der Waals surface area contributed by atoms with Gasteiger partial charge in [0.1, 0.15) is 0 Å². The molecule has 1 aromatic heterocycles. The fourth-order valence-electron chi connectivity index (χ4n) is 1.72. The van der Waals surface area contributed by atoms with E-state index in [9.17, 15) is 4.79 Å². The summed E-state index contributed by atoms with van der Waals surface area (Å²) in [5.74, 6) is -0.0787. The van der Waals surface area contributed by atoms with Crippen molar-refractivity contribution in [3.05, 3.63) is 17.0 Å². The van der Waals surface area contributed by atoms with Crippen LogP contribution >= 0.6 is 0 Å². The largest absolute Gasteiger partial charge is 0.352 e. The highest BCUT2D eigenvalue weighted by atomic mass is 16.1. The number of hydrogen-bond acceptors (Lipinski definition) is 3. The average Bonchev–Trinajstić information content (AvgIpc) is 2.53. The minimum absolute atomic E-state index is 0.0787. The first-order valence-corrected chi connectivity index (χ1v) is 5.73. The number of nitriles is 1. The molecule has 0 radical (unpaired) electrons. The second kappa shape index (κ2) is 6.04. The van der Waals surface area contributed by atoms with Gasteiger partial charge in [0.25, 0.3) is 5.91 Å². The molecule has 1 aromatic rings. The summed E-state index contributed by atoms with van der Waals surface area (Å²) in [5.41, 5.74) is 2.28. The maximum Gasteiger partial charge on any atom is 0.255 e. The second-order valence-electron chi connectivity index (χ2n) is 4.04. The Morgan fingerprint density at radius 2 is 2.18 bits per heavy atom. The number of carbonyl (C=O) groups is 1. The van der Waals surface area contributed by atoms with Crippen LogP contribution in [0.2, 0.25) is 0 Å². The third-order valence-electron chi connectivity index (χ3n) is 2.74. The summed E-state index contributed by atoms with van der Waals surface area (Å²) in [7, 11) is 1.83. The van der Waals surface area contributed by atoms with Gasteiger partial charge in [-0.15, -0.1) is 0 Å². The summed E-state index contributed by atoms with van der Waals surface area (Å²) >= 11 is 0. The van der Waals surface area contributed by atoms with Crippen molar-refractivity contribution >= 4 is 5.91 Å². The lowest BCUT2D eigenvalue weighted by Gasteiger charge is -2.04. The van der Waals surface area contributed by atoms with Gasteiger partial charge in [0.2, 0.25) is 0 Å². The number of carbonyl (C=O) groups excluding carboxylic acids is 1. The summed E-state index contributed by atoms with van der Waals surface area (Å²) in [6.45, 7) is 4.32. The zero-order chi connectivity index (χ0) is 12.8. The van der Waals surface area contributed by atoms with Crippen molar-refractivity contribution in [3.63, 3.8) is 0 Å². The van der Waals surface area contributed by atoms with Gasteiger partial charge in [-0.05, 0) is 26.7 Å². The number of amides is 1. The Kier molecular flexibility index (Phi) is 4.70. The molecule has 0 aliphatic carbocycles. The molecule has 17 heavy (non-hydrogen) atoms. The van der Waals surface area contributed by atoms with Gasteiger partial charge in [0.15, 0.2) is 0 Å². The summed E-state index contributed by atoms with van der Waals surface area (Å²) in [6, 6.07) is 2.08. The Balaban J connectivity index is 2.50. The first-order chi connectivity index (χ1) is 8.07. The molecule has 1 amide bonds. The van der Waals surface area contributed by atoms with Crippen molar-refractivity contribution in [2.75, 3.05) is 6.54 Å². The summed E-state index contributed by atoms with van der Waals surface area (Å²) in [4.78, 5) is 11.9. The minimum Gasteiger partial charge on any atom is -0.352 e. The molecule has 0 aliphatic heterocycles. The fourth-order valence-corrected chi connectivity index (χ4v) is 1.72. The SMILES string of the molecule is Cc1nn(C)c(C)c1C(=O)NCCCCC#N. The highest BCUT2D eigenvalue weighted by Gasteiger charge is 2.16. The standard InChI is InChI=1S/C12H18N4O/c1-9-11(10(2)16(3)15-9)12(17)14-8-6-4-5-7-13/h4-6,8H2,1-3H3,(H,14,17). The Morgan fingerprint density at radius 1 is 1.47 bits per heavy atom. The fraction of sp³-hybridized carbons (Fsp3) is 0.583. The number of aryl methyl sites for hydroxylation is 2. The number of aromatic nitrogens is 2. The van der Waals surface area contributed by atoms with Crippen LogP contribution in [0.1, 0.15) is 41.0 Å². The van der Waals surface area contributed by atoms with Crippen molar-refractivity contribution in [2.45, 2.75) is 33.1 Å². The Bertz CT molecular complexity index is 442. The van der Waals surface area contributed by atoms with Crippen LogP contribution < -0.4 is 5.32 Å². The first kappa shape index (κ1) is 13.2. The van der Waals surface area contributed by atoms with E-state index < -0.39 is 0 Å². The van der Waals surface area contributed by atoms with E-state index in [1.165, 1.54) is 0 Å². The van der Waals surface area contributed by atoms with Gasteiger partial charge < -0.3 is 5.32 Å². The van der Waals surface area contributed by atoms with Crippen molar-refractivity contribution in [1.82, 2.24) is 15.1 Å². The predicted octanol–water partition coefficient (Wildman–Crippen LogP) is 1.46. The van der Waals surface area contributed by atoms with Crippen LogP contribution in [0.4, 0.5) is 0 Å². The molecule has 92 valence electrons. The Labute approximate surface area is 101 Å². The van der Waals surface area contributed by atoms with E-state index in [0.29, 0.717) is 18.5 Å². The van der Waals surface area contributed by atoms with Crippen molar-refractivity contribution in [1.29, 1.82) is 5.26 Å². The van der Waals surface area contributed by atoms with Gasteiger partial charge in [-0.2, -0.15) is 10.4 Å². The average molecular weight is 234 g/mol. The smallest absolute Gasteiger partial charge is 0.255 e. The third kappa shape index (κ3) is 3.31. The van der Waals surface area contributed by atoms with E-state index in [4.69, 9.17) is 5.26 Å². The maximum absolute atomic E-state index is 11.9. The number of nitrogens with zero attached hydrogens (tertiary/aromatic N) is 3. The summed E-state index contributed by atoms with van der Waals surface area (Å²) in [5, 5.41) is 15.4. The molecule has 0 atom stereocenters. The van der Waals surface area contributed by atoms with Crippen molar-refractivity contribution in [2.24, 2.45) is 7.05 Å². The van der Waals surface area contributed by atoms with Gasteiger partial charge in [-0.1, -0.05) is 0 Å². The van der Waals surface area contributed by atoms with E-state index in [-0.39, 0.29) is 5.91 Å². The van der Waals surface area contributed by atoms with Crippen LogP contribution in [0.5, 0.6) is 0 Å². The lowest BCUT2D eigenvalue weighted by Crippen LogP contribution is -2.25. The van der Waals surface area contributed by atoms with E-state index in [0.717, 1.165) is 24.2 Å². The van der Waals surface area contributed by atoms with Gasteiger partial charge in [0, 0.05) is 25.7 Å².